The average Bonchev–Trinajstić information content (AvgIpc) is 3.21. The molecular weight excluding hydrogens is 356 g/mol. The fourth-order valence-corrected chi connectivity index (χ4v) is 2.99. The number of carbonyl (C=O) groups is 3. The molecule has 1 fully saturated rings. The van der Waals surface area contributed by atoms with Gasteiger partial charge in [-0.25, -0.2) is 14.4 Å². The molecule has 2 aliphatic rings. The summed E-state index contributed by atoms with van der Waals surface area (Å²) >= 11 is 0. The lowest BCUT2D eigenvalue weighted by molar-refractivity contribution is -0.146. The van der Waals surface area contributed by atoms with E-state index in [0.29, 0.717) is 24.3 Å². The molecule has 0 aromatic rings. The third kappa shape index (κ3) is 8.36. The molecule has 0 saturated heterocycles. The molecule has 2 bridgehead atoms. The average molecular weight is 384 g/mol. The Morgan fingerprint density at radius 2 is 1.93 bits per heavy atom. The van der Waals surface area contributed by atoms with Crippen LogP contribution in [0.1, 0.15) is 39.5 Å². The van der Waals surface area contributed by atoms with Gasteiger partial charge in [-0.2, -0.15) is 0 Å². The molecule has 0 amide bonds. The monoisotopic (exact) mass is 384 g/mol. The molecule has 0 spiro atoms. The van der Waals surface area contributed by atoms with E-state index in [2.05, 4.69) is 6.08 Å². The Morgan fingerprint density at radius 1 is 1.26 bits per heavy atom. The van der Waals surface area contributed by atoms with Gasteiger partial charge in [-0.1, -0.05) is 25.5 Å². The van der Waals surface area contributed by atoms with Gasteiger partial charge in [0.25, 0.3) is 0 Å². The molecule has 0 aromatic carbocycles. The van der Waals surface area contributed by atoms with Crippen molar-refractivity contribution >= 4 is 17.9 Å². The number of aliphatic hydroxyl groups is 2. The van der Waals surface area contributed by atoms with E-state index in [9.17, 15) is 19.5 Å². The van der Waals surface area contributed by atoms with Crippen LogP contribution < -0.4 is 0 Å². The molecule has 8 heteroatoms. The number of ether oxygens (including phenoxy) is 1. The first kappa shape index (κ1) is 22.9. The molecule has 3 unspecified atom stereocenters. The van der Waals surface area contributed by atoms with Gasteiger partial charge in [0.1, 0.15) is 0 Å². The summed E-state index contributed by atoms with van der Waals surface area (Å²) in [4.78, 5) is 31.3. The van der Waals surface area contributed by atoms with Gasteiger partial charge in [0.2, 0.25) is 0 Å². The van der Waals surface area contributed by atoms with Crippen molar-refractivity contribution in [1.29, 1.82) is 0 Å². The minimum Gasteiger partial charge on any atom is -0.479 e. The Labute approximate surface area is 158 Å². The van der Waals surface area contributed by atoms with Crippen molar-refractivity contribution in [2.24, 2.45) is 17.3 Å². The summed E-state index contributed by atoms with van der Waals surface area (Å²) in [6, 6.07) is 0. The Bertz CT molecular complexity index is 605. The summed E-state index contributed by atoms with van der Waals surface area (Å²) in [5.41, 5.74) is 0.665. The van der Waals surface area contributed by atoms with Crippen LogP contribution in [-0.2, 0) is 19.1 Å². The summed E-state index contributed by atoms with van der Waals surface area (Å²) < 4.78 is 4.70. The Balaban J connectivity index is 0.000000270. The predicted molar refractivity (Wildman–Crippen MR) is 95.8 cm³/mol. The minimum absolute atomic E-state index is 0.0479. The van der Waals surface area contributed by atoms with Crippen molar-refractivity contribution < 1.29 is 39.5 Å². The van der Waals surface area contributed by atoms with Crippen LogP contribution in [0.5, 0.6) is 0 Å². The van der Waals surface area contributed by atoms with E-state index in [1.54, 1.807) is 13.8 Å². The van der Waals surface area contributed by atoms with Gasteiger partial charge < -0.3 is 25.2 Å². The number of hydrogen-bond donors (Lipinski definition) is 4. The maximum atomic E-state index is 10.9. The maximum absolute atomic E-state index is 10.9. The highest BCUT2D eigenvalue weighted by molar-refractivity contribution is 5.90. The highest BCUT2D eigenvalue weighted by Gasteiger charge is 2.34. The fourth-order valence-electron chi connectivity index (χ4n) is 2.99. The second kappa shape index (κ2) is 10.2. The fraction of sp³-hybridized carbons (Fsp3) is 0.632. The number of esters is 1. The van der Waals surface area contributed by atoms with Gasteiger partial charge >= 0.3 is 17.9 Å². The molecule has 27 heavy (non-hydrogen) atoms. The van der Waals surface area contributed by atoms with E-state index < -0.39 is 29.4 Å². The van der Waals surface area contributed by atoms with Gasteiger partial charge in [-0.05, 0) is 31.1 Å². The van der Waals surface area contributed by atoms with Crippen LogP contribution in [0.15, 0.2) is 23.8 Å². The van der Waals surface area contributed by atoms with Crippen molar-refractivity contribution in [3.63, 3.8) is 0 Å². The molecule has 8 nitrogen and oxygen atoms in total. The molecule has 2 rings (SSSR count). The van der Waals surface area contributed by atoms with E-state index in [1.807, 2.05) is 0 Å². The number of carboxylic acid groups (broad SMARTS) is 2. The zero-order valence-electron chi connectivity index (χ0n) is 15.6. The second-order valence-corrected chi connectivity index (χ2v) is 7.67. The number of hydrogen-bond acceptors (Lipinski definition) is 6. The minimum atomic E-state index is -1.21. The Morgan fingerprint density at radius 3 is 2.37 bits per heavy atom. The number of rotatable bonds is 8. The molecule has 3 atom stereocenters. The summed E-state index contributed by atoms with van der Waals surface area (Å²) in [5.74, 6) is -1.80. The first-order valence-corrected chi connectivity index (χ1v) is 8.84. The molecule has 0 aliphatic heterocycles. The summed E-state index contributed by atoms with van der Waals surface area (Å²) in [7, 11) is 0. The zero-order valence-corrected chi connectivity index (χ0v) is 15.6. The van der Waals surface area contributed by atoms with Crippen molar-refractivity contribution in [3.8, 4) is 0 Å². The summed E-state index contributed by atoms with van der Waals surface area (Å²) in [6.45, 7) is 3.39. The van der Waals surface area contributed by atoms with Crippen molar-refractivity contribution in [3.05, 3.63) is 23.8 Å². The third-order valence-corrected chi connectivity index (χ3v) is 4.56. The number of aliphatic carboxylic acids is 2. The summed E-state index contributed by atoms with van der Waals surface area (Å²) in [6.07, 6.45) is 6.44. The molecule has 1 saturated carbocycles. The number of carbonyl (C=O) groups excluding carboxylic acids is 1. The Hall–Kier alpha value is -2.19. The number of carboxylic acids is 2. The third-order valence-electron chi connectivity index (χ3n) is 4.56. The number of allylic oxidation sites excluding steroid dienone is 1. The van der Waals surface area contributed by atoms with Crippen molar-refractivity contribution in [2.75, 3.05) is 13.2 Å². The lowest BCUT2D eigenvalue weighted by Crippen LogP contribution is -2.25. The van der Waals surface area contributed by atoms with E-state index in [4.69, 9.17) is 20.1 Å². The topological polar surface area (TPSA) is 141 Å². The van der Waals surface area contributed by atoms with Gasteiger partial charge in [-0.3, -0.25) is 0 Å². The first-order valence-electron chi connectivity index (χ1n) is 8.84. The number of aliphatic hydroxyl groups excluding tert-OH is 2. The van der Waals surface area contributed by atoms with Crippen LogP contribution in [0.4, 0.5) is 0 Å². The molecule has 0 aromatic heterocycles. The van der Waals surface area contributed by atoms with E-state index >= 15 is 0 Å². The van der Waals surface area contributed by atoms with Gasteiger partial charge in [0, 0.05) is 24.0 Å². The van der Waals surface area contributed by atoms with Gasteiger partial charge in [-0.15, -0.1) is 0 Å². The maximum Gasteiger partial charge on any atom is 0.332 e. The van der Waals surface area contributed by atoms with E-state index in [-0.39, 0.29) is 13.2 Å². The predicted octanol–water partition coefficient (Wildman–Crippen LogP) is 1.37. The molecule has 2 aliphatic carbocycles. The molecule has 0 radical (unpaired) electrons. The van der Waals surface area contributed by atoms with E-state index in [0.717, 1.165) is 6.08 Å². The quantitative estimate of drug-likeness (QED) is 0.279. The lowest BCUT2D eigenvalue weighted by Gasteiger charge is -2.20. The second-order valence-electron chi connectivity index (χ2n) is 7.67. The van der Waals surface area contributed by atoms with Crippen LogP contribution in [0.2, 0.25) is 0 Å². The SMILES string of the molecule is CC(C)(CO)COC(=O)/C=C\C(=O)O.O=C(O)C(O)CC1=CC2CCC1C2. The van der Waals surface area contributed by atoms with Crippen LogP contribution in [0, 0.1) is 17.3 Å². The largest absolute Gasteiger partial charge is 0.479 e. The molecular formula is C19H28O8. The molecule has 0 heterocycles. The van der Waals surface area contributed by atoms with Crippen LogP contribution in [-0.4, -0.2) is 57.7 Å². The van der Waals surface area contributed by atoms with Gasteiger partial charge in [0.15, 0.2) is 6.10 Å². The first-order chi connectivity index (χ1) is 12.5. The van der Waals surface area contributed by atoms with Gasteiger partial charge in [0.05, 0.1) is 13.2 Å². The van der Waals surface area contributed by atoms with Crippen molar-refractivity contribution in [2.45, 2.75) is 45.6 Å². The van der Waals surface area contributed by atoms with E-state index in [1.165, 1.54) is 24.8 Å². The smallest absolute Gasteiger partial charge is 0.332 e. The summed E-state index contributed by atoms with van der Waals surface area (Å²) in [5, 5.41) is 34.7. The van der Waals surface area contributed by atoms with Crippen LogP contribution >= 0.6 is 0 Å². The highest BCUT2D eigenvalue weighted by Crippen LogP contribution is 2.45. The lowest BCUT2D eigenvalue weighted by atomic mass is 9.94. The number of fused-ring (bicyclic) bond motifs is 2. The molecule has 4 N–H and O–H groups in total. The Kier molecular flexibility index (Phi) is 8.65. The molecule has 152 valence electrons. The van der Waals surface area contributed by atoms with Crippen molar-refractivity contribution in [1.82, 2.24) is 0 Å². The highest BCUT2D eigenvalue weighted by atomic mass is 16.5. The standard InChI is InChI=1S/C10H14O3.C9H14O5/c11-9(10(12)13)5-8-4-6-1-2-7(8)3-6;1-9(2,5-10)6-14-8(13)4-3-7(11)12/h4,6-7,9,11H,1-3,5H2,(H,12,13);3-4,10H,5-6H2,1-2H3,(H,11,12)/b;4-3-. The van der Waals surface area contributed by atoms with Crippen LogP contribution in [0.3, 0.4) is 0 Å². The zero-order chi connectivity index (χ0) is 20.6. The normalized spacial score (nSPS) is 22.0. The van der Waals surface area contributed by atoms with Crippen LogP contribution in [0.25, 0.3) is 0 Å².